The average Bonchev–Trinajstić information content (AvgIpc) is 2.73. The highest BCUT2D eigenvalue weighted by molar-refractivity contribution is 7.92. The second kappa shape index (κ2) is 10.2. The Labute approximate surface area is 189 Å². The third kappa shape index (κ3) is 6.88. The smallest absolute Gasteiger partial charge is 0.492 e. The quantitative estimate of drug-likeness (QED) is 0.510. The van der Waals surface area contributed by atoms with Gasteiger partial charge in [-0.25, -0.2) is 8.42 Å². The Balaban J connectivity index is 1.81. The minimum atomic E-state index is -4.91. The molecular formula is C22H23F3N2O5S. The molecule has 3 rings (SSSR count). The maximum atomic E-state index is 12.9. The zero-order valence-corrected chi connectivity index (χ0v) is 18.5. The average molecular weight is 484 g/mol. The molecule has 1 unspecified atom stereocenters. The maximum absolute atomic E-state index is 12.9. The molecule has 178 valence electrons. The first-order chi connectivity index (χ1) is 15.6. The molecule has 0 radical (unpaired) electrons. The number of allylic oxidation sites excluding steroid dienone is 2. The fourth-order valence-electron chi connectivity index (χ4n) is 3.32. The number of hydrogen-bond acceptors (Lipinski definition) is 5. The van der Waals surface area contributed by atoms with E-state index in [1.165, 1.54) is 30.3 Å². The highest BCUT2D eigenvalue weighted by Crippen LogP contribution is 2.31. The van der Waals surface area contributed by atoms with Crippen LogP contribution in [0, 0.1) is 5.92 Å². The molecule has 2 aromatic rings. The number of ether oxygens (including phenoxy) is 2. The molecule has 0 spiro atoms. The summed E-state index contributed by atoms with van der Waals surface area (Å²) in [6.45, 7) is 1.82. The zero-order valence-electron chi connectivity index (χ0n) is 17.7. The molecule has 2 aromatic carbocycles. The fourth-order valence-corrected chi connectivity index (χ4v) is 4.50. The van der Waals surface area contributed by atoms with E-state index in [0.717, 1.165) is 25.0 Å². The molecule has 2 N–H and O–H groups in total. The van der Waals surface area contributed by atoms with Crippen LogP contribution in [0.15, 0.2) is 59.5 Å². The van der Waals surface area contributed by atoms with Gasteiger partial charge in [0.2, 0.25) is 5.91 Å². The number of carbonyl (C=O) groups is 1. The monoisotopic (exact) mass is 484 g/mol. The topological polar surface area (TPSA) is 93.7 Å². The molecule has 1 atom stereocenters. The Morgan fingerprint density at radius 3 is 2.58 bits per heavy atom. The van der Waals surface area contributed by atoms with Gasteiger partial charge in [0.05, 0.1) is 12.3 Å². The molecule has 0 aliphatic heterocycles. The number of amides is 1. The van der Waals surface area contributed by atoms with Crippen molar-refractivity contribution >= 4 is 27.3 Å². The van der Waals surface area contributed by atoms with Crippen LogP contribution >= 0.6 is 0 Å². The van der Waals surface area contributed by atoms with Gasteiger partial charge in [0, 0.05) is 23.7 Å². The number of hydrogen-bond donors (Lipinski definition) is 2. The van der Waals surface area contributed by atoms with Crippen molar-refractivity contribution in [1.82, 2.24) is 0 Å². The second-order valence-corrected chi connectivity index (χ2v) is 8.90. The lowest BCUT2D eigenvalue weighted by atomic mass is 9.93. The lowest BCUT2D eigenvalue weighted by molar-refractivity contribution is -0.274. The van der Waals surface area contributed by atoms with Crippen LogP contribution in [0.25, 0.3) is 0 Å². The van der Waals surface area contributed by atoms with E-state index in [0.29, 0.717) is 12.1 Å². The Bertz CT molecular complexity index is 1130. The molecular weight excluding hydrogens is 461 g/mol. The van der Waals surface area contributed by atoms with E-state index in [9.17, 15) is 26.4 Å². The number of rotatable bonds is 8. The fraction of sp³-hybridized carbons (Fsp3) is 0.318. The van der Waals surface area contributed by atoms with Crippen LogP contribution < -0.4 is 19.5 Å². The minimum Gasteiger partial charge on any atom is -0.492 e. The van der Waals surface area contributed by atoms with Crippen molar-refractivity contribution < 1.29 is 35.9 Å². The number of sulfonamides is 1. The van der Waals surface area contributed by atoms with Gasteiger partial charge in [0.15, 0.2) is 0 Å². The van der Waals surface area contributed by atoms with Gasteiger partial charge >= 0.3 is 6.36 Å². The van der Waals surface area contributed by atoms with Gasteiger partial charge in [0.1, 0.15) is 16.4 Å². The Morgan fingerprint density at radius 2 is 1.91 bits per heavy atom. The number of benzene rings is 2. The third-order valence-electron chi connectivity index (χ3n) is 4.76. The van der Waals surface area contributed by atoms with Crippen molar-refractivity contribution in [3.8, 4) is 11.5 Å². The van der Waals surface area contributed by atoms with Crippen LogP contribution in [0.3, 0.4) is 0 Å². The van der Waals surface area contributed by atoms with E-state index in [1.807, 2.05) is 12.2 Å². The number of nitrogens with one attached hydrogen (secondary N) is 2. The Kier molecular flexibility index (Phi) is 7.52. The van der Waals surface area contributed by atoms with Gasteiger partial charge in [0.25, 0.3) is 10.0 Å². The summed E-state index contributed by atoms with van der Waals surface area (Å²) in [5.74, 6) is -0.906. The van der Waals surface area contributed by atoms with Crippen molar-refractivity contribution in [2.45, 2.75) is 37.4 Å². The van der Waals surface area contributed by atoms with Crippen LogP contribution in [-0.4, -0.2) is 27.3 Å². The third-order valence-corrected chi connectivity index (χ3v) is 6.18. The summed E-state index contributed by atoms with van der Waals surface area (Å²) in [6.07, 6.45) is 1.25. The van der Waals surface area contributed by atoms with Gasteiger partial charge in [-0.3, -0.25) is 9.52 Å². The van der Waals surface area contributed by atoms with E-state index in [-0.39, 0.29) is 34.8 Å². The van der Waals surface area contributed by atoms with Crippen LogP contribution in [-0.2, 0) is 14.8 Å². The summed E-state index contributed by atoms with van der Waals surface area (Å²) in [5.41, 5.74) is 0.249. The summed E-state index contributed by atoms with van der Waals surface area (Å²) in [6, 6.07) is 8.57. The summed E-state index contributed by atoms with van der Waals surface area (Å²) >= 11 is 0. The van der Waals surface area contributed by atoms with Crippen molar-refractivity contribution in [2.75, 3.05) is 16.6 Å². The highest BCUT2D eigenvalue weighted by Gasteiger charge is 2.31. The summed E-state index contributed by atoms with van der Waals surface area (Å²) in [4.78, 5) is 12.3. The maximum Gasteiger partial charge on any atom is 0.573 e. The van der Waals surface area contributed by atoms with Crippen LogP contribution in [0.5, 0.6) is 11.5 Å². The highest BCUT2D eigenvalue weighted by atomic mass is 32.2. The number of anilines is 2. The van der Waals surface area contributed by atoms with Crippen molar-refractivity contribution in [3.05, 3.63) is 54.6 Å². The predicted molar refractivity (Wildman–Crippen MR) is 117 cm³/mol. The standard InChI is InChI=1S/C22H23F3N2O5S/c1-2-31-19-14-16(26-21(28)15-7-4-3-5-8-15)11-12-20(19)33(29,30)27-17-9-6-10-18(13-17)32-22(23,24)25/h3-4,6,9-15,27H,2,5,7-8H2,1H3,(H,26,28). The van der Waals surface area contributed by atoms with E-state index in [2.05, 4.69) is 14.8 Å². The normalized spacial score (nSPS) is 16.2. The molecule has 7 nitrogen and oxygen atoms in total. The lowest BCUT2D eigenvalue weighted by Gasteiger charge is -2.18. The Morgan fingerprint density at radius 1 is 1.12 bits per heavy atom. The number of alkyl halides is 3. The second-order valence-electron chi connectivity index (χ2n) is 7.25. The van der Waals surface area contributed by atoms with E-state index >= 15 is 0 Å². The summed E-state index contributed by atoms with van der Waals surface area (Å²) in [5, 5.41) is 2.78. The molecule has 33 heavy (non-hydrogen) atoms. The van der Waals surface area contributed by atoms with Crippen molar-refractivity contribution in [2.24, 2.45) is 5.92 Å². The van der Waals surface area contributed by atoms with Gasteiger partial charge < -0.3 is 14.8 Å². The molecule has 0 aromatic heterocycles. The molecule has 0 saturated carbocycles. The molecule has 1 aliphatic rings. The minimum absolute atomic E-state index is 0.00552. The van der Waals surface area contributed by atoms with Crippen LogP contribution in [0.2, 0.25) is 0 Å². The van der Waals surface area contributed by atoms with Gasteiger partial charge in [-0.1, -0.05) is 18.2 Å². The first kappa shape index (κ1) is 24.4. The van der Waals surface area contributed by atoms with E-state index in [1.54, 1.807) is 6.92 Å². The number of halogens is 3. The van der Waals surface area contributed by atoms with Crippen molar-refractivity contribution in [1.29, 1.82) is 0 Å². The first-order valence-corrected chi connectivity index (χ1v) is 11.7. The summed E-state index contributed by atoms with van der Waals surface area (Å²) in [7, 11) is -4.23. The van der Waals surface area contributed by atoms with E-state index < -0.39 is 22.1 Å². The SMILES string of the molecule is CCOc1cc(NC(=O)C2CC=CCC2)ccc1S(=O)(=O)Nc1cccc(OC(F)(F)F)c1. The van der Waals surface area contributed by atoms with Gasteiger partial charge in [-0.2, -0.15) is 0 Å². The lowest BCUT2D eigenvalue weighted by Crippen LogP contribution is -2.23. The van der Waals surface area contributed by atoms with Gasteiger partial charge in [-0.15, -0.1) is 13.2 Å². The predicted octanol–water partition coefficient (Wildman–Crippen LogP) is 5.08. The first-order valence-electron chi connectivity index (χ1n) is 10.2. The molecule has 1 amide bonds. The molecule has 0 saturated heterocycles. The van der Waals surface area contributed by atoms with Crippen LogP contribution in [0.4, 0.5) is 24.5 Å². The zero-order chi connectivity index (χ0) is 24.1. The number of carbonyl (C=O) groups excluding carboxylic acids is 1. The van der Waals surface area contributed by atoms with Crippen molar-refractivity contribution in [3.63, 3.8) is 0 Å². The molecule has 0 bridgehead atoms. The van der Waals surface area contributed by atoms with Crippen LogP contribution in [0.1, 0.15) is 26.2 Å². The molecule has 1 aliphatic carbocycles. The molecule has 11 heteroatoms. The summed E-state index contributed by atoms with van der Waals surface area (Å²) < 4.78 is 74.7. The largest absolute Gasteiger partial charge is 0.573 e. The molecule has 0 heterocycles. The molecule has 0 fully saturated rings. The van der Waals surface area contributed by atoms with E-state index in [4.69, 9.17) is 4.74 Å². The van der Waals surface area contributed by atoms with Gasteiger partial charge in [-0.05, 0) is 50.5 Å². The Hall–Kier alpha value is -3.21.